The number of rotatable bonds is 5. The van der Waals surface area contributed by atoms with E-state index in [1.165, 1.54) is 0 Å². The number of likely N-dealkylation sites (N-methyl/N-ethyl adjacent to an activating group) is 1. The van der Waals surface area contributed by atoms with E-state index in [0.29, 0.717) is 12.1 Å². The van der Waals surface area contributed by atoms with Crippen LogP contribution in [0.1, 0.15) is 27.7 Å². The zero-order valence-electron chi connectivity index (χ0n) is 8.42. The van der Waals surface area contributed by atoms with Gasteiger partial charge in [0, 0.05) is 19.7 Å². The summed E-state index contributed by atoms with van der Waals surface area (Å²) in [4.78, 5) is 2.40. The van der Waals surface area contributed by atoms with Crippen LogP contribution in [0.2, 0.25) is 0 Å². The van der Waals surface area contributed by atoms with E-state index in [2.05, 4.69) is 32.6 Å². The molecule has 0 bridgehead atoms. The topological polar surface area (TPSA) is 12.5 Å². The summed E-state index contributed by atoms with van der Waals surface area (Å²) in [7, 11) is 1.76. The highest BCUT2D eigenvalue weighted by molar-refractivity contribution is 4.64. The van der Waals surface area contributed by atoms with Crippen LogP contribution in [0.5, 0.6) is 0 Å². The molecule has 0 aliphatic rings. The molecule has 2 heteroatoms. The van der Waals surface area contributed by atoms with Gasteiger partial charge < -0.3 is 4.74 Å². The summed E-state index contributed by atoms with van der Waals surface area (Å²) in [6.45, 7) is 10.8. The van der Waals surface area contributed by atoms with Crippen molar-refractivity contribution in [3.05, 3.63) is 0 Å². The van der Waals surface area contributed by atoms with E-state index in [-0.39, 0.29) is 0 Å². The van der Waals surface area contributed by atoms with Crippen molar-refractivity contribution in [1.82, 2.24) is 4.90 Å². The van der Waals surface area contributed by atoms with Crippen LogP contribution in [-0.2, 0) is 4.74 Å². The maximum atomic E-state index is 5.19. The van der Waals surface area contributed by atoms with E-state index in [0.717, 1.165) is 13.1 Å². The van der Waals surface area contributed by atoms with Gasteiger partial charge in [-0.3, -0.25) is 4.90 Å². The van der Waals surface area contributed by atoms with Gasteiger partial charge in [0.2, 0.25) is 0 Å². The van der Waals surface area contributed by atoms with Gasteiger partial charge in [-0.25, -0.2) is 0 Å². The zero-order chi connectivity index (χ0) is 8.85. The first-order valence-corrected chi connectivity index (χ1v) is 4.38. The predicted molar refractivity (Wildman–Crippen MR) is 48.9 cm³/mol. The van der Waals surface area contributed by atoms with Crippen LogP contribution in [0, 0.1) is 0 Å². The highest BCUT2D eigenvalue weighted by atomic mass is 16.5. The van der Waals surface area contributed by atoms with E-state index >= 15 is 0 Å². The molecule has 2 nitrogen and oxygen atoms in total. The average molecular weight is 159 g/mol. The molecule has 0 N–H and O–H groups in total. The standard InChI is InChI=1S/C9H21NO/c1-6-10(8(2)3)7-9(4)11-5/h8-9H,6-7H2,1-5H3/t9-/m0/s1. The second kappa shape index (κ2) is 5.56. The fourth-order valence-electron chi connectivity index (χ4n) is 1.11. The Morgan fingerprint density at radius 1 is 1.27 bits per heavy atom. The molecule has 68 valence electrons. The maximum Gasteiger partial charge on any atom is 0.0670 e. The molecule has 0 aromatic heterocycles. The Hall–Kier alpha value is -0.0800. The molecule has 0 heterocycles. The Balaban J connectivity index is 3.68. The number of hydrogen-bond donors (Lipinski definition) is 0. The third kappa shape index (κ3) is 4.38. The summed E-state index contributed by atoms with van der Waals surface area (Å²) in [6, 6.07) is 0.623. The molecular weight excluding hydrogens is 138 g/mol. The Morgan fingerprint density at radius 3 is 2.09 bits per heavy atom. The summed E-state index contributed by atoms with van der Waals surface area (Å²) >= 11 is 0. The first kappa shape index (κ1) is 10.9. The van der Waals surface area contributed by atoms with Crippen molar-refractivity contribution in [1.29, 1.82) is 0 Å². The molecule has 0 spiro atoms. The lowest BCUT2D eigenvalue weighted by molar-refractivity contribution is 0.0680. The molecule has 11 heavy (non-hydrogen) atoms. The lowest BCUT2D eigenvalue weighted by Crippen LogP contribution is -2.36. The molecule has 0 radical (unpaired) electrons. The van der Waals surface area contributed by atoms with Gasteiger partial charge in [-0.05, 0) is 27.3 Å². The van der Waals surface area contributed by atoms with Gasteiger partial charge in [0.1, 0.15) is 0 Å². The second-order valence-electron chi connectivity index (χ2n) is 3.23. The zero-order valence-corrected chi connectivity index (χ0v) is 8.42. The Labute approximate surface area is 70.5 Å². The molecule has 0 aromatic carbocycles. The summed E-state index contributed by atoms with van der Waals surface area (Å²) in [5.74, 6) is 0. The fraction of sp³-hybridized carbons (Fsp3) is 1.00. The normalized spacial score (nSPS) is 14.5. The molecule has 0 rings (SSSR count). The summed E-state index contributed by atoms with van der Waals surface area (Å²) in [6.07, 6.45) is 0.345. The fourth-order valence-corrected chi connectivity index (χ4v) is 1.11. The molecule has 0 unspecified atom stereocenters. The van der Waals surface area contributed by atoms with Gasteiger partial charge in [0.15, 0.2) is 0 Å². The number of ether oxygens (including phenoxy) is 1. The van der Waals surface area contributed by atoms with Crippen LogP contribution in [0.4, 0.5) is 0 Å². The second-order valence-corrected chi connectivity index (χ2v) is 3.23. The van der Waals surface area contributed by atoms with Crippen LogP contribution in [0.3, 0.4) is 0 Å². The van der Waals surface area contributed by atoms with Gasteiger partial charge in [0.25, 0.3) is 0 Å². The predicted octanol–water partition coefficient (Wildman–Crippen LogP) is 1.75. The van der Waals surface area contributed by atoms with Gasteiger partial charge >= 0.3 is 0 Å². The first-order chi connectivity index (χ1) is 5.11. The number of hydrogen-bond acceptors (Lipinski definition) is 2. The molecule has 0 saturated carbocycles. The third-order valence-electron chi connectivity index (χ3n) is 2.03. The van der Waals surface area contributed by atoms with Gasteiger partial charge in [-0.2, -0.15) is 0 Å². The summed E-state index contributed by atoms with van der Waals surface area (Å²) < 4.78 is 5.19. The largest absolute Gasteiger partial charge is 0.380 e. The van der Waals surface area contributed by atoms with Gasteiger partial charge in [-0.15, -0.1) is 0 Å². The monoisotopic (exact) mass is 159 g/mol. The summed E-state index contributed by atoms with van der Waals surface area (Å²) in [5.41, 5.74) is 0. The maximum absolute atomic E-state index is 5.19. The lowest BCUT2D eigenvalue weighted by Gasteiger charge is -2.27. The smallest absolute Gasteiger partial charge is 0.0670 e. The SMILES string of the molecule is CCN(C[C@H](C)OC)C(C)C. The van der Waals surface area contributed by atoms with E-state index in [4.69, 9.17) is 4.74 Å². The van der Waals surface area contributed by atoms with E-state index < -0.39 is 0 Å². The van der Waals surface area contributed by atoms with Crippen molar-refractivity contribution in [2.45, 2.75) is 39.8 Å². The molecule has 0 aromatic rings. The minimum Gasteiger partial charge on any atom is -0.380 e. The number of methoxy groups -OCH3 is 1. The van der Waals surface area contributed by atoms with Gasteiger partial charge in [0.05, 0.1) is 6.10 Å². The van der Waals surface area contributed by atoms with Crippen LogP contribution in [0.25, 0.3) is 0 Å². The van der Waals surface area contributed by atoms with Gasteiger partial charge in [-0.1, -0.05) is 6.92 Å². The quantitative estimate of drug-likeness (QED) is 0.606. The van der Waals surface area contributed by atoms with Crippen LogP contribution < -0.4 is 0 Å². The summed E-state index contributed by atoms with van der Waals surface area (Å²) in [5, 5.41) is 0. The van der Waals surface area contributed by atoms with Crippen LogP contribution >= 0.6 is 0 Å². The molecule has 0 amide bonds. The molecule has 0 fully saturated rings. The van der Waals surface area contributed by atoms with Crippen LogP contribution in [0.15, 0.2) is 0 Å². The third-order valence-corrected chi connectivity index (χ3v) is 2.03. The Morgan fingerprint density at radius 2 is 1.82 bits per heavy atom. The van der Waals surface area contributed by atoms with Crippen molar-refractivity contribution in [2.75, 3.05) is 20.2 Å². The highest BCUT2D eigenvalue weighted by Gasteiger charge is 2.09. The van der Waals surface area contributed by atoms with Crippen molar-refractivity contribution in [3.63, 3.8) is 0 Å². The highest BCUT2D eigenvalue weighted by Crippen LogP contribution is 2.00. The van der Waals surface area contributed by atoms with Crippen molar-refractivity contribution < 1.29 is 4.74 Å². The first-order valence-electron chi connectivity index (χ1n) is 4.38. The van der Waals surface area contributed by atoms with E-state index in [9.17, 15) is 0 Å². The van der Waals surface area contributed by atoms with Crippen molar-refractivity contribution in [2.24, 2.45) is 0 Å². The minimum atomic E-state index is 0.345. The van der Waals surface area contributed by atoms with Crippen LogP contribution in [-0.4, -0.2) is 37.2 Å². The Kier molecular flexibility index (Phi) is 5.51. The molecule has 0 aliphatic carbocycles. The average Bonchev–Trinajstić information content (AvgIpc) is 1.99. The lowest BCUT2D eigenvalue weighted by atomic mass is 10.3. The molecular formula is C9H21NO. The minimum absolute atomic E-state index is 0.345. The van der Waals surface area contributed by atoms with E-state index in [1.54, 1.807) is 7.11 Å². The van der Waals surface area contributed by atoms with Crippen molar-refractivity contribution in [3.8, 4) is 0 Å². The molecule has 0 saturated heterocycles. The molecule has 1 atom stereocenters. The Bertz CT molecular complexity index is 93.6. The molecule has 0 aliphatic heterocycles. The number of nitrogens with zero attached hydrogens (tertiary/aromatic N) is 1. The van der Waals surface area contributed by atoms with E-state index in [1.807, 2.05) is 0 Å². The van der Waals surface area contributed by atoms with Crippen molar-refractivity contribution >= 4 is 0 Å².